The molecule has 0 amide bonds. The van der Waals surface area contributed by atoms with Gasteiger partial charge in [-0.05, 0) is 24.7 Å². The molecule has 5 nitrogen and oxygen atoms in total. The summed E-state index contributed by atoms with van der Waals surface area (Å²) in [5.74, 6) is 1.28. The lowest BCUT2D eigenvalue weighted by molar-refractivity contribution is -0.149. The lowest BCUT2D eigenvalue weighted by Crippen LogP contribution is -2.59. The molecule has 5 heteroatoms. The molecule has 2 aromatic rings. The Morgan fingerprint density at radius 2 is 1.85 bits per heavy atom. The van der Waals surface area contributed by atoms with Gasteiger partial charge >= 0.3 is 0 Å². The van der Waals surface area contributed by atoms with Crippen molar-refractivity contribution >= 4 is 5.71 Å². The van der Waals surface area contributed by atoms with Crippen LogP contribution in [0.4, 0.5) is 0 Å². The minimum absolute atomic E-state index is 0.165. The molecule has 2 aromatic carbocycles. The zero-order valence-electron chi connectivity index (χ0n) is 15.6. The van der Waals surface area contributed by atoms with Crippen molar-refractivity contribution < 1.29 is 9.84 Å². The van der Waals surface area contributed by atoms with E-state index in [9.17, 15) is 5.11 Å². The molecule has 3 aliphatic rings. The van der Waals surface area contributed by atoms with E-state index in [0.717, 1.165) is 55.9 Å². The number of rotatable bonds is 2. The van der Waals surface area contributed by atoms with Crippen molar-refractivity contribution in [3.63, 3.8) is 0 Å². The van der Waals surface area contributed by atoms with Crippen molar-refractivity contribution in [2.75, 3.05) is 19.6 Å². The topological polar surface area (TPSA) is 48.3 Å². The minimum atomic E-state index is -0.392. The third-order valence-corrected chi connectivity index (χ3v) is 6.21. The molecule has 0 aromatic heterocycles. The number of hydrazone groups is 1. The maximum Gasteiger partial charge on any atom is 0.200 e. The maximum atomic E-state index is 10.3. The second-order valence-corrected chi connectivity index (χ2v) is 7.65. The number of ether oxygens (including phenoxy) is 1. The van der Waals surface area contributed by atoms with E-state index in [1.165, 1.54) is 5.56 Å². The highest BCUT2D eigenvalue weighted by Gasteiger charge is 2.51. The molecule has 5 rings (SSSR count). The van der Waals surface area contributed by atoms with Gasteiger partial charge in [0.05, 0.1) is 11.8 Å². The van der Waals surface area contributed by atoms with Crippen molar-refractivity contribution in [2.24, 2.45) is 5.10 Å². The number of piperidine rings is 1. The molecule has 140 valence electrons. The van der Waals surface area contributed by atoms with E-state index in [-0.39, 0.29) is 6.04 Å². The molecular formula is C22H25N3O2. The van der Waals surface area contributed by atoms with Crippen LogP contribution in [-0.2, 0) is 0 Å². The quantitative estimate of drug-likeness (QED) is 0.883. The van der Waals surface area contributed by atoms with Gasteiger partial charge in [-0.2, -0.15) is 5.10 Å². The monoisotopic (exact) mass is 363 g/mol. The van der Waals surface area contributed by atoms with Gasteiger partial charge in [-0.25, -0.2) is 5.01 Å². The molecule has 0 unspecified atom stereocenters. The summed E-state index contributed by atoms with van der Waals surface area (Å²) in [6, 6.07) is 16.0. The number of hydrogen-bond acceptors (Lipinski definition) is 5. The normalized spacial score (nSPS) is 23.5. The SMILES string of the molecule is CCN1CCC2(CC1)Oc1ccccc1[C@H]1CC(c3ccccc3O)=NN12. The third kappa shape index (κ3) is 2.60. The zero-order chi connectivity index (χ0) is 18.4. The van der Waals surface area contributed by atoms with E-state index >= 15 is 0 Å². The van der Waals surface area contributed by atoms with Crippen molar-refractivity contribution in [1.29, 1.82) is 0 Å². The summed E-state index contributed by atoms with van der Waals surface area (Å²) >= 11 is 0. The maximum absolute atomic E-state index is 10.3. The highest BCUT2D eigenvalue weighted by atomic mass is 16.5. The molecule has 0 saturated carbocycles. The smallest absolute Gasteiger partial charge is 0.200 e. The Bertz CT molecular complexity index is 887. The predicted molar refractivity (Wildman–Crippen MR) is 105 cm³/mol. The van der Waals surface area contributed by atoms with E-state index in [1.807, 2.05) is 24.3 Å². The van der Waals surface area contributed by atoms with Crippen molar-refractivity contribution in [1.82, 2.24) is 9.91 Å². The van der Waals surface area contributed by atoms with Crippen molar-refractivity contribution in [2.45, 2.75) is 38.0 Å². The standard InChI is InChI=1S/C22H25N3O2/c1-2-24-13-11-22(12-14-24)25-19(17-8-4-6-10-21(17)27-22)15-18(23-25)16-7-3-5-9-20(16)26/h3-10,19,26H,2,11-15H2,1H3/t19-/m1/s1. The molecular weight excluding hydrogens is 338 g/mol. The Labute approximate surface area is 159 Å². The number of phenolic OH excluding ortho intramolecular Hbond substituents is 1. The highest BCUT2D eigenvalue weighted by molar-refractivity contribution is 6.04. The number of aromatic hydroxyl groups is 1. The van der Waals surface area contributed by atoms with Gasteiger partial charge in [0.1, 0.15) is 11.5 Å². The van der Waals surface area contributed by atoms with Crippen molar-refractivity contribution in [3.05, 3.63) is 59.7 Å². The van der Waals surface area contributed by atoms with Gasteiger partial charge in [0.2, 0.25) is 5.72 Å². The molecule has 3 aliphatic heterocycles. The van der Waals surface area contributed by atoms with Crippen LogP contribution in [0, 0.1) is 0 Å². The van der Waals surface area contributed by atoms with Gasteiger partial charge in [-0.1, -0.05) is 37.3 Å². The van der Waals surface area contributed by atoms with Gasteiger partial charge < -0.3 is 14.7 Å². The number of para-hydroxylation sites is 2. The van der Waals surface area contributed by atoms with E-state index in [0.29, 0.717) is 5.75 Å². The third-order valence-electron chi connectivity index (χ3n) is 6.21. The van der Waals surface area contributed by atoms with Crippen LogP contribution in [0.1, 0.15) is 43.4 Å². The number of nitrogens with zero attached hydrogens (tertiary/aromatic N) is 3. The van der Waals surface area contributed by atoms with Crippen LogP contribution in [0.15, 0.2) is 53.6 Å². The first-order valence-electron chi connectivity index (χ1n) is 9.86. The van der Waals surface area contributed by atoms with Crippen LogP contribution in [0.2, 0.25) is 0 Å². The van der Waals surface area contributed by atoms with Gasteiger partial charge in [0.15, 0.2) is 0 Å². The van der Waals surface area contributed by atoms with E-state index in [1.54, 1.807) is 6.07 Å². The first kappa shape index (κ1) is 16.6. The van der Waals surface area contributed by atoms with E-state index in [2.05, 4.69) is 35.0 Å². The molecule has 1 spiro atoms. The molecule has 1 fully saturated rings. The summed E-state index contributed by atoms with van der Waals surface area (Å²) in [5, 5.41) is 17.5. The van der Waals surface area contributed by atoms with E-state index < -0.39 is 5.72 Å². The lowest BCUT2D eigenvalue weighted by atomic mass is 9.90. The van der Waals surface area contributed by atoms with Crippen LogP contribution in [0.25, 0.3) is 0 Å². The van der Waals surface area contributed by atoms with E-state index in [4.69, 9.17) is 9.84 Å². The molecule has 1 N–H and O–H groups in total. The second-order valence-electron chi connectivity index (χ2n) is 7.65. The van der Waals surface area contributed by atoms with Crippen LogP contribution in [0.3, 0.4) is 0 Å². The van der Waals surface area contributed by atoms with Crippen LogP contribution >= 0.6 is 0 Å². The highest BCUT2D eigenvalue weighted by Crippen LogP contribution is 2.50. The molecule has 1 saturated heterocycles. The van der Waals surface area contributed by atoms with Crippen LogP contribution in [-0.4, -0.2) is 46.1 Å². The second kappa shape index (κ2) is 6.27. The lowest BCUT2D eigenvalue weighted by Gasteiger charge is -2.51. The summed E-state index contributed by atoms with van der Waals surface area (Å²) in [5.41, 5.74) is 2.56. The first-order valence-corrected chi connectivity index (χ1v) is 9.86. The number of benzene rings is 2. The molecule has 0 bridgehead atoms. The molecule has 1 atom stereocenters. The largest absolute Gasteiger partial charge is 0.507 e. The summed E-state index contributed by atoms with van der Waals surface area (Å²) in [6.45, 7) is 5.32. The fourth-order valence-corrected chi connectivity index (χ4v) is 4.66. The summed E-state index contributed by atoms with van der Waals surface area (Å²) in [7, 11) is 0. The van der Waals surface area contributed by atoms with Gasteiger partial charge in [0.25, 0.3) is 0 Å². The first-order chi connectivity index (χ1) is 13.2. The van der Waals surface area contributed by atoms with Gasteiger partial charge in [-0.3, -0.25) is 0 Å². The van der Waals surface area contributed by atoms with Crippen LogP contribution in [0.5, 0.6) is 11.5 Å². The number of phenols is 1. The van der Waals surface area contributed by atoms with Crippen LogP contribution < -0.4 is 4.74 Å². The fourth-order valence-electron chi connectivity index (χ4n) is 4.66. The molecule has 27 heavy (non-hydrogen) atoms. The Morgan fingerprint density at radius 3 is 2.63 bits per heavy atom. The number of fused-ring (bicyclic) bond motifs is 4. The Kier molecular flexibility index (Phi) is 3.86. The molecule has 0 radical (unpaired) electrons. The summed E-state index contributed by atoms with van der Waals surface area (Å²) in [4.78, 5) is 2.47. The zero-order valence-corrected chi connectivity index (χ0v) is 15.6. The van der Waals surface area contributed by atoms with Crippen molar-refractivity contribution in [3.8, 4) is 11.5 Å². The number of likely N-dealkylation sites (tertiary alicyclic amines) is 1. The Morgan fingerprint density at radius 1 is 1.11 bits per heavy atom. The molecule has 0 aliphatic carbocycles. The molecule has 3 heterocycles. The summed E-state index contributed by atoms with van der Waals surface area (Å²) in [6.07, 6.45) is 2.66. The average molecular weight is 363 g/mol. The summed E-state index contributed by atoms with van der Waals surface area (Å²) < 4.78 is 6.61. The van der Waals surface area contributed by atoms with Gasteiger partial charge in [-0.15, -0.1) is 0 Å². The Balaban J connectivity index is 1.57. The number of hydrogen-bond donors (Lipinski definition) is 1. The Hall–Kier alpha value is -2.53. The van der Waals surface area contributed by atoms with Gasteiger partial charge in [0, 0.05) is 43.5 Å². The minimum Gasteiger partial charge on any atom is -0.507 e. The fraction of sp³-hybridized carbons (Fsp3) is 0.409. The average Bonchev–Trinajstić information content (AvgIpc) is 3.16. The predicted octanol–water partition coefficient (Wildman–Crippen LogP) is 3.75.